The Balaban J connectivity index is 1.87. The summed E-state index contributed by atoms with van der Waals surface area (Å²) in [6.07, 6.45) is 0.337. The van der Waals surface area contributed by atoms with Crippen molar-refractivity contribution in [2.45, 2.75) is 13.0 Å². The standard InChI is InChI=1S/C15H15Cl2N3O4/c1-9-5-14(19-7-12(9)20(22)23)18-6-10(21)8-24-13-4-2-3-11(16)15(13)17/h2-5,7,10,21H,6,8H2,1H3,(H,18,19). The number of aliphatic hydroxyl groups is 1. The molecule has 0 spiro atoms. The first-order valence-corrected chi connectivity index (χ1v) is 7.74. The van der Waals surface area contributed by atoms with E-state index in [1.165, 1.54) is 6.20 Å². The van der Waals surface area contributed by atoms with Gasteiger partial charge in [-0.25, -0.2) is 4.98 Å². The third kappa shape index (κ3) is 4.70. The van der Waals surface area contributed by atoms with E-state index in [0.717, 1.165) is 0 Å². The SMILES string of the molecule is Cc1cc(NCC(O)COc2cccc(Cl)c2Cl)ncc1[N+](=O)[O-]. The third-order valence-corrected chi connectivity index (χ3v) is 3.95. The number of nitro groups is 1. The van der Waals surface area contributed by atoms with E-state index in [2.05, 4.69) is 10.3 Å². The number of aliphatic hydroxyl groups excluding tert-OH is 1. The van der Waals surface area contributed by atoms with Gasteiger partial charge in [-0.2, -0.15) is 0 Å². The Labute approximate surface area is 148 Å². The van der Waals surface area contributed by atoms with E-state index >= 15 is 0 Å². The summed E-state index contributed by atoms with van der Waals surface area (Å²) >= 11 is 11.9. The number of halogens is 2. The summed E-state index contributed by atoms with van der Waals surface area (Å²) in [6.45, 7) is 1.77. The molecular weight excluding hydrogens is 357 g/mol. The van der Waals surface area contributed by atoms with Gasteiger partial charge in [0, 0.05) is 12.1 Å². The van der Waals surface area contributed by atoms with Crippen LogP contribution in [0.4, 0.5) is 11.5 Å². The molecule has 0 amide bonds. The van der Waals surface area contributed by atoms with Crippen molar-refractivity contribution in [3.05, 3.63) is 56.2 Å². The highest BCUT2D eigenvalue weighted by atomic mass is 35.5. The van der Waals surface area contributed by atoms with Crippen molar-refractivity contribution >= 4 is 34.7 Å². The Bertz CT molecular complexity index is 743. The average Bonchev–Trinajstić information content (AvgIpc) is 2.54. The van der Waals surface area contributed by atoms with Crippen LogP contribution in [-0.2, 0) is 0 Å². The van der Waals surface area contributed by atoms with Crippen molar-refractivity contribution < 1.29 is 14.8 Å². The molecule has 2 N–H and O–H groups in total. The molecule has 9 heteroatoms. The highest BCUT2D eigenvalue weighted by molar-refractivity contribution is 6.42. The van der Waals surface area contributed by atoms with Gasteiger partial charge in [0.15, 0.2) is 0 Å². The van der Waals surface area contributed by atoms with Gasteiger partial charge in [-0.15, -0.1) is 0 Å². The summed E-state index contributed by atoms with van der Waals surface area (Å²) in [5.74, 6) is 0.811. The zero-order valence-electron chi connectivity index (χ0n) is 12.7. The fraction of sp³-hybridized carbons (Fsp3) is 0.267. The van der Waals surface area contributed by atoms with Crippen LogP contribution in [0.5, 0.6) is 5.75 Å². The van der Waals surface area contributed by atoms with Gasteiger partial charge in [-0.05, 0) is 25.1 Å². The van der Waals surface area contributed by atoms with E-state index in [1.54, 1.807) is 31.2 Å². The number of hydrogen-bond acceptors (Lipinski definition) is 6. The van der Waals surface area contributed by atoms with Crippen LogP contribution in [-0.4, -0.2) is 34.3 Å². The minimum Gasteiger partial charge on any atom is -0.489 e. The number of anilines is 1. The van der Waals surface area contributed by atoms with Crippen LogP contribution >= 0.6 is 23.2 Å². The van der Waals surface area contributed by atoms with Crippen molar-refractivity contribution in [1.29, 1.82) is 0 Å². The van der Waals surface area contributed by atoms with Gasteiger partial charge in [0.05, 0.1) is 9.95 Å². The second-order valence-corrected chi connectivity index (χ2v) is 5.80. The molecule has 24 heavy (non-hydrogen) atoms. The summed E-state index contributed by atoms with van der Waals surface area (Å²) in [6, 6.07) is 6.52. The summed E-state index contributed by atoms with van der Waals surface area (Å²) in [5.41, 5.74) is 0.425. The lowest BCUT2D eigenvalue weighted by Crippen LogP contribution is -2.26. The van der Waals surface area contributed by atoms with Crippen molar-refractivity contribution in [3.8, 4) is 5.75 Å². The molecule has 0 bridgehead atoms. The molecule has 0 radical (unpaired) electrons. The molecule has 1 aromatic heterocycles. The van der Waals surface area contributed by atoms with Crippen molar-refractivity contribution in [2.75, 3.05) is 18.5 Å². The van der Waals surface area contributed by atoms with E-state index in [1.807, 2.05) is 0 Å². The predicted molar refractivity (Wildman–Crippen MR) is 92.1 cm³/mol. The molecule has 1 heterocycles. The van der Waals surface area contributed by atoms with Gasteiger partial charge in [-0.1, -0.05) is 29.3 Å². The Kier molecular flexibility index (Phi) is 6.19. The molecule has 0 aliphatic heterocycles. The zero-order valence-corrected chi connectivity index (χ0v) is 14.2. The molecule has 2 aromatic rings. The van der Waals surface area contributed by atoms with Gasteiger partial charge in [0.25, 0.3) is 5.69 Å². The minimum atomic E-state index is -0.836. The maximum Gasteiger partial charge on any atom is 0.290 e. The second kappa shape index (κ2) is 8.14. The van der Waals surface area contributed by atoms with E-state index in [-0.39, 0.29) is 23.9 Å². The summed E-state index contributed by atoms with van der Waals surface area (Å²) < 4.78 is 5.43. The first-order chi connectivity index (χ1) is 11.4. The predicted octanol–water partition coefficient (Wildman–Crippen LogP) is 3.46. The minimum absolute atomic E-state index is 0.000967. The molecular formula is C15H15Cl2N3O4. The highest BCUT2D eigenvalue weighted by Crippen LogP contribution is 2.31. The molecule has 1 atom stereocenters. The molecule has 0 saturated carbocycles. The summed E-state index contributed by atoms with van der Waals surface area (Å²) in [4.78, 5) is 14.2. The molecule has 0 saturated heterocycles. The molecule has 0 fully saturated rings. The molecule has 128 valence electrons. The number of rotatable bonds is 7. The van der Waals surface area contributed by atoms with E-state index in [9.17, 15) is 15.2 Å². The normalized spacial score (nSPS) is 11.8. The topological polar surface area (TPSA) is 97.5 Å². The van der Waals surface area contributed by atoms with Crippen molar-refractivity contribution in [1.82, 2.24) is 4.98 Å². The van der Waals surface area contributed by atoms with Crippen molar-refractivity contribution in [2.24, 2.45) is 0 Å². The lowest BCUT2D eigenvalue weighted by atomic mass is 10.2. The molecule has 1 unspecified atom stereocenters. The Hall–Kier alpha value is -2.09. The first kappa shape index (κ1) is 18.3. The number of aromatic nitrogens is 1. The van der Waals surface area contributed by atoms with E-state index < -0.39 is 11.0 Å². The average molecular weight is 372 g/mol. The maximum absolute atomic E-state index is 10.7. The number of ether oxygens (including phenoxy) is 1. The van der Waals surface area contributed by atoms with Gasteiger partial charge in [0.1, 0.15) is 35.5 Å². The van der Waals surface area contributed by atoms with Crippen molar-refractivity contribution in [3.63, 3.8) is 0 Å². The zero-order chi connectivity index (χ0) is 17.7. The van der Waals surface area contributed by atoms with Crippen LogP contribution in [0.3, 0.4) is 0 Å². The number of aryl methyl sites for hydroxylation is 1. The number of nitrogens with zero attached hydrogens (tertiary/aromatic N) is 2. The molecule has 1 aromatic carbocycles. The van der Waals surface area contributed by atoms with Crippen LogP contribution in [0.2, 0.25) is 10.0 Å². The van der Waals surface area contributed by atoms with E-state index in [0.29, 0.717) is 22.2 Å². The van der Waals surface area contributed by atoms with E-state index in [4.69, 9.17) is 27.9 Å². The number of hydrogen-bond donors (Lipinski definition) is 2. The quantitative estimate of drug-likeness (QED) is 0.571. The van der Waals surface area contributed by atoms with Crippen LogP contribution < -0.4 is 10.1 Å². The van der Waals surface area contributed by atoms with Gasteiger partial charge < -0.3 is 15.2 Å². The number of pyridine rings is 1. The summed E-state index contributed by atoms with van der Waals surface area (Å²) in [7, 11) is 0. The Morgan fingerprint density at radius 3 is 2.88 bits per heavy atom. The second-order valence-electron chi connectivity index (χ2n) is 5.01. The fourth-order valence-corrected chi connectivity index (χ4v) is 2.25. The van der Waals surface area contributed by atoms with Gasteiger partial charge in [0.2, 0.25) is 0 Å². The lowest BCUT2D eigenvalue weighted by molar-refractivity contribution is -0.385. The molecule has 0 aliphatic rings. The molecule has 2 rings (SSSR count). The molecule has 7 nitrogen and oxygen atoms in total. The largest absolute Gasteiger partial charge is 0.489 e. The third-order valence-electron chi connectivity index (χ3n) is 3.15. The fourth-order valence-electron chi connectivity index (χ4n) is 1.90. The molecule has 0 aliphatic carbocycles. The van der Waals surface area contributed by atoms with Crippen LogP contribution in [0.25, 0.3) is 0 Å². The lowest BCUT2D eigenvalue weighted by Gasteiger charge is -2.14. The number of nitrogens with one attached hydrogen (secondary N) is 1. The maximum atomic E-state index is 10.7. The Morgan fingerprint density at radius 2 is 2.21 bits per heavy atom. The van der Waals surface area contributed by atoms with Crippen LogP contribution in [0, 0.1) is 17.0 Å². The van der Waals surface area contributed by atoms with Crippen LogP contribution in [0.15, 0.2) is 30.5 Å². The van der Waals surface area contributed by atoms with Gasteiger partial charge in [-0.3, -0.25) is 10.1 Å². The smallest absolute Gasteiger partial charge is 0.290 e. The highest BCUT2D eigenvalue weighted by Gasteiger charge is 2.13. The Morgan fingerprint density at radius 1 is 1.46 bits per heavy atom. The monoisotopic (exact) mass is 371 g/mol. The first-order valence-electron chi connectivity index (χ1n) is 6.98. The number of benzene rings is 1. The van der Waals surface area contributed by atoms with Gasteiger partial charge >= 0.3 is 0 Å². The summed E-state index contributed by atoms with van der Waals surface area (Å²) in [5, 5.41) is 24.2. The van der Waals surface area contributed by atoms with Crippen LogP contribution in [0.1, 0.15) is 5.56 Å².